The number of hydrogen-bond acceptors (Lipinski definition) is 3. The summed E-state index contributed by atoms with van der Waals surface area (Å²) in [4.78, 5) is 2.20. The van der Waals surface area contributed by atoms with E-state index >= 15 is 0 Å². The Labute approximate surface area is 161 Å². The standard InChI is InChI=1S/C21H27N3OS/c1-24(18-7-3-2-4-8-18)16-15-22-21(26)23-17-11-13-20(14-12-17)25-19-9-5-6-10-19/h2-4,7-8,11-14,19H,5-6,9-10,15-16H2,1H3,(H2,22,23,26). The maximum Gasteiger partial charge on any atom is 0.170 e. The van der Waals surface area contributed by atoms with Gasteiger partial charge >= 0.3 is 0 Å². The summed E-state index contributed by atoms with van der Waals surface area (Å²) in [5, 5.41) is 7.11. The summed E-state index contributed by atoms with van der Waals surface area (Å²) in [7, 11) is 2.08. The molecule has 0 atom stereocenters. The van der Waals surface area contributed by atoms with Crippen LogP contribution in [0.25, 0.3) is 0 Å². The molecule has 2 aromatic rings. The summed E-state index contributed by atoms with van der Waals surface area (Å²) in [6.07, 6.45) is 5.29. The summed E-state index contributed by atoms with van der Waals surface area (Å²) in [6, 6.07) is 18.4. The van der Waals surface area contributed by atoms with Crippen molar-refractivity contribution in [2.75, 3.05) is 30.4 Å². The Morgan fingerprint density at radius 2 is 1.77 bits per heavy atom. The molecule has 0 amide bonds. The van der Waals surface area contributed by atoms with E-state index in [1.54, 1.807) is 0 Å². The van der Waals surface area contributed by atoms with E-state index in [0.717, 1.165) is 24.5 Å². The van der Waals surface area contributed by atoms with E-state index in [1.807, 2.05) is 42.5 Å². The van der Waals surface area contributed by atoms with Crippen molar-refractivity contribution in [2.45, 2.75) is 31.8 Å². The largest absolute Gasteiger partial charge is 0.490 e. The molecule has 0 saturated heterocycles. The second-order valence-corrected chi connectivity index (χ2v) is 7.09. The molecule has 4 nitrogen and oxygen atoms in total. The summed E-state index contributed by atoms with van der Waals surface area (Å²) < 4.78 is 5.99. The third kappa shape index (κ3) is 5.63. The number of para-hydroxylation sites is 1. The van der Waals surface area contributed by atoms with Gasteiger partial charge < -0.3 is 20.3 Å². The average molecular weight is 370 g/mol. The molecule has 0 heterocycles. The Hall–Kier alpha value is -2.27. The van der Waals surface area contributed by atoms with Gasteiger partial charge in [-0.2, -0.15) is 0 Å². The van der Waals surface area contributed by atoms with Crippen LogP contribution in [0, 0.1) is 0 Å². The topological polar surface area (TPSA) is 36.5 Å². The lowest BCUT2D eigenvalue weighted by Crippen LogP contribution is -2.35. The lowest BCUT2D eigenvalue weighted by atomic mass is 10.3. The van der Waals surface area contributed by atoms with Crippen molar-refractivity contribution in [1.82, 2.24) is 5.32 Å². The van der Waals surface area contributed by atoms with Crippen molar-refractivity contribution in [3.05, 3.63) is 54.6 Å². The van der Waals surface area contributed by atoms with Crippen molar-refractivity contribution in [1.29, 1.82) is 0 Å². The molecule has 0 spiro atoms. The number of ether oxygens (including phenoxy) is 1. The Balaban J connectivity index is 1.39. The Morgan fingerprint density at radius 3 is 2.46 bits per heavy atom. The van der Waals surface area contributed by atoms with Gasteiger partial charge in [0.05, 0.1) is 6.10 Å². The molecule has 0 unspecified atom stereocenters. The van der Waals surface area contributed by atoms with Gasteiger partial charge in [-0.25, -0.2) is 0 Å². The minimum Gasteiger partial charge on any atom is -0.490 e. The minimum atomic E-state index is 0.387. The van der Waals surface area contributed by atoms with Crippen LogP contribution in [-0.4, -0.2) is 31.4 Å². The van der Waals surface area contributed by atoms with Crippen LogP contribution in [0.3, 0.4) is 0 Å². The molecule has 3 rings (SSSR count). The smallest absolute Gasteiger partial charge is 0.170 e. The molecule has 1 aliphatic rings. The first-order valence-corrected chi connectivity index (χ1v) is 9.69. The molecule has 1 saturated carbocycles. The summed E-state index contributed by atoms with van der Waals surface area (Å²) >= 11 is 5.38. The summed E-state index contributed by atoms with van der Waals surface area (Å²) in [6.45, 7) is 1.65. The lowest BCUT2D eigenvalue weighted by Gasteiger charge is -2.20. The number of hydrogen-bond donors (Lipinski definition) is 2. The third-order valence-corrected chi connectivity index (χ3v) is 4.89. The molecular formula is C21H27N3OS. The molecular weight excluding hydrogens is 342 g/mol. The van der Waals surface area contributed by atoms with Crippen LogP contribution in [0.4, 0.5) is 11.4 Å². The van der Waals surface area contributed by atoms with E-state index in [9.17, 15) is 0 Å². The lowest BCUT2D eigenvalue weighted by molar-refractivity contribution is 0.210. The van der Waals surface area contributed by atoms with E-state index in [1.165, 1.54) is 31.4 Å². The average Bonchev–Trinajstić information content (AvgIpc) is 3.17. The molecule has 1 fully saturated rings. The number of anilines is 2. The molecule has 26 heavy (non-hydrogen) atoms. The maximum absolute atomic E-state index is 5.99. The summed E-state index contributed by atoms with van der Waals surface area (Å²) in [5.41, 5.74) is 2.17. The van der Waals surface area contributed by atoms with E-state index < -0.39 is 0 Å². The van der Waals surface area contributed by atoms with Gasteiger partial charge in [-0.1, -0.05) is 18.2 Å². The van der Waals surface area contributed by atoms with E-state index in [-0.39, 0.29) is 0 Å². The van der Waals surface area contributed by atoms with E-state index in [4.69, 9.17) is 17.0 Å². The SMILES string of the molecule is CN(CCNC(=S)Nc1ccc(OC2CCCC2)cc1)c1ccccc1. The molecule has 138 valence electrons. The van der Waals surface area contributed by atoms with Crippen molar-refractivity contribution >= 4 is 28.7 Å². The quantitative estimate of drug-likeness (QED) is 0.706. The molecule has 2 aromatic carbocycles. The van der Waals surface area contributed by atoms with Crippen LogP contribution in [0.2, 0.25) is 0 Å². The van der Waals surface area contributed by atoms with Crippen LogP contribution in [-0.2, 0) is 0 Å². The van der Waals surface area contributed by atoms with E-state index in [2.05, 4.69) is 34.7 Å². The zero-order valence-corrected chi connectivity index (χ0v) is 16.1. The van der Waals surface area contributed by atoms with Crippen LogP contribution < -0.4 is 20.3 Å². The molecule has 2 N–H and O–H groups in total. The third-order valence-electron chi connectivity index (χ3n) is 4.65. The molecule has 0 bridgehead atoms. The predicted octanol–water partition coefficient (Wildman–Crippen LogP) is 4.43. The van der Waals surface area contributed by atoms with Gasteiger partial charge in [0, 0.05) is 31.5 Å². The van der Waals surface area contributed by atoms with Gasteiger partial charge in [0.2, 0.25) is 0 Å². The van der Waals surface area contributed by atoms with Crippen LogP contribution >= 0.6 is 12.2 Å². The van der Waals surface area contributed by atoms with Gasteiger partial charge in [-0.05, 0) is 74.3 Å². The molecule has 0 aromatic heterocycles. The zero-order chi connectivity index (χ0) is 18.2. The van der Waals surface area contributed by atoms with Crippen molar-refractivity contribution in [2.24, 2.45) is 0 Å². The first-order chi connectivity index (χ1) is 12.7. The van der Waals surface area contributed by atoms with E-state index in [0.29, 0.717) is 11.2 Å². The zero-order valence-electron chi connectivity index (χ0n) is 15.3. The Morgan fingerprint density at radius 1 is 1.08 bits per heavy atom. The first-order valence-electron chi connectivity index (χ1n) is 9.28. The number of thiocarbonyl (C=S) groups is 1. The second kappa shape index (κ2) is 9.43. The normalized spacial score (nSPS) is 14.0. The molecule has 5 heteroatoms. The van der Waals surface area contributed by atoms with Crippen LogP contribution in [0.15, 0.2) is 54.6 Å². The minimum absolute atomic E-state index is 0.387. The second-order valence-electron chi connectivity index (χ2n) is 6.69. The number of nitrogens with zero attached hydrogens (tertiary/aromatic N) is 1. The van der Waals surface area contributed by atoms with Gasteiger partial charge in [-0.3, -0.25) is 0 Å². The fourth-order valence-electron chi connectivity index (χ4n) is 3.14. The van der Waals surface area contributed by atoms with Crippen LogP contribution in [0.1, 0.15) is 25.7 Å². The van der Waals surface area contributed by atoms with Crippen molar-refractivity contribution in [3.63, 3.8) is 0 Å². The fourth-order valence-corrected chi connectivity index (χ4v) is 3.36. The highest BCUT2D eigenvalue weighted by Crippen LogP contribution is 2.25. The highest BCUT2D eigenvalue weighted by molar-refractivity contribution is 7.80. The number of likely N-dealkylation sites (N-methyl/N-ethyl adjacent to an activating group) is 1. The van der Waals surface area contributed by atoms with Gasteiger partial charge in [0.15, 0.2) is 5.11 Å². The molecule has 0 aliphatic heterocycles. The first kappa shape index (κ1) is 18.5. The van der Waals surface area contributed by atoms with Gasteiger partial charge in [0.1, 0.15) is 5.75 Å². The number of rotatable bonds is 7. The number of benzene rings is 2. The monoisotopic (exact) mass is 369 g/mol. The fraction of sp³-hybridized carbons (Fsp3) is 0.381. The Kier molecular flexibility index (Phi) is 6.72. The van der Waals surface area contributed by atoms with Crippen LogP contribution in [0.5, 0.6) is 5.75 Å². The molecule has 0 radical (unpaired) electrons. The predicted molar refractivity (Wildman–Crippen MR) is 113 cm³/mol. The number of nitrogens with one attached hydrogen (secondary N) is 2. The Bertz CT molecular complexity index is 684. The highest BCUT2D eigenvalue weighted by atomic mass is 32.1. The van der Waals surface area contributed by atoms with Crippen molar-refractivity contribution in [3.8, 4) is 5.75 Å². The maximum atomic E-state index is 5.99. The summed E-state index contributed by atoms with van der Waals surface area (Å²) in [5.74, 6) is 0.936. The molecule has 1 aliphatic carbocycles. The van der Waals surface area contributed by atoms with Gasteiger partial charge in [0.25, 0.3) is 0 Å². The highest BCUT2D eigenvalue weighted by Gasteiger charge is 2.16. The van der Waals surface area contributed by atoms with Crippen molar-refractivity contribution < 1.29 is 4.74 Å². The van der Waals surface area contributed by atoms with Gasteiger partial charge in [-0.15, -0.1) is 0 Å².